The summed E-state index contributed by atoms with van der Waals surface area (Å²) in [4.78, 5) is 27.0. The van der Waals surface area contributed by atoms with Crippen molar-refractivity contribution in [1.82, 2.24) is 4.90 Å². The Morgan fingerprint density at radius 2 is 1.96 bits per heavy atom. The number of hydrogen-bond donors (Lipinski definition) is 0. The van der Waals surface area contributed by atoms with Gasteiger partial charge >= 0.3 is 5.63 Å². The highest BCUT2D eigenvalue weighted by Gasteiger charge is 2.34. The molecule has 1 aliphatic heterocycles. The topological polar surface area (TPSA) is 50.5 Å². The number of fused-ring (bicyclic) bond motifs is 1. The van der Waals surface area contributed by atoms with Gasteiger partial charge < -0.3 is 9.32 Å². The Morgan fingerprint density at radius 3 is 2.77 bits per heavy atom. The molecular weight excluding hydrogens is 393 g/mol. The van der Waals surface area contributed by atoms with Crippen molar-refractivity contribution < 1.29 is 9.21 Å². The fourth-order valence-corrected chi connectivity index (χ4v) is 4.87. The van der Waals surface area contributed by atoms with Crippen LogP contribution in [0.3, 0.4) is 0 Å². The van der Waals surface area contributed by atoms with Gasteiger partial charge in [0.2, 0.25) is 0 Å². The van der Waals surface area contributed by atoms with E-state index in [0.717, 1.165) is 11.3 Å². The molecule has 1 aromatic heterocycles. The van der Waals surface area contributed by atoms with Crippen LogP contribution in [-0.4, -0.2) is 23.1 Å². The molecule has 0 spiro atoms. The second-order valence-electron chi connectivity index (χ2n) is 5.87. The number of hydrogen-bond acceptors (Lipinski definition) is 4. The summed E-state index contributed by atoms with van der Waals surface area (Å²) >= 11 is 13.9. The number of para-hydroxylation sites is 1. The summed E-state index contributed by atoms with van der Waals surface area (Å²) in [6.45, 7) is 0.527. The maximum atomic E-state index is 13.1. The van der Waals surface area contributed by atoms with Gasteiger partial charge in [0, 0.05) is 33.3 Å². The number of carbonyl (C=O) groups is 1. The van der Waals surface area contributed by atoms with Crippen molar-refractivity contribution in [3.63, 3.8) is 0 Å². The fourth-order valence-electron chi connectivity index (χ4n) is 3.00. The molecule has 26 heavy (non-hydrogen) atoms. The Kier molecular flexibility index (Phi) is 4.69. The standard InChI is InChI=1S/C19H13Cl2NO3S/c20-12-5-6-13(15(21)10-12)18-22(7-8-26-18)17(23)14-9-11-3-1-2-4-16(11)25-19(14)24/h1-6,9-10,18H,7-8H2. The molecule has 3 aromatic rings. The minimum absolute atomic E-state index is 0.0290. The van der Waals surface area contributed by atoms with Crippen LogP contribution in [-0.2, 0) is 0 Å². The lowest BCUT2D eigenvalue weighted by atomic mass is 10.1. The van der Waals surface area contributed by atoms with E-state index in [1.807, 2.05) is 12.1 Å². The number of nitrogens with zero attached hydrogens (tertiary/aromatic N) is 1. The Hall–Kier alpha value is -1.95. The summed E-state index contributed by atoms with van der Waals surface area (Å²) < 4.78 is 5.30. The first kappa shape index (κ1) is 17.5. The van der Waals surface area contributed by atoms with Crippen molar-refractivity contribution >= 4 is 51.8 Å². The maximum absolute atomic E-state index is 13.1. The predicted molar refractivity (Wildman–Crippen MR) is 105 cm³/mol. The van der Waals surface area contributed by atoms with Gasteiger partial charge in [-0.25, -0.2) is 4.79 Å². The first-order chi connectivity index (χ1) is 12.5. The van der Waals surface area contributed by atoms with Crippen LogP contribution in [0.25, 0.3) is 11.0 Å². The van der Waals surface area contributed by atoms with Crippen LogP contribution >= 0.6 is 35.0 Å². The molecule has 0 bridgehead atoms. The van der Waals surface area contributed by atoms with E-state index in [2.05, 4.69) is 0 Å². The summed E-state index contributed by atoms with van der Waals surface area (Å²) in [6, 6.07) is 13.9. The Morgan fingerprint density at radius 1 is 1.15 bits per heavy atom. The van der Waals surface area contributed by atoms with Crippen molar-refractivity contribution in [1.29, 1.82) is 0 Å². The second-order valence-corrected chi connectivity index (χ2v) is 7.90. The minimum Gasteiger partial charge on any atom is -0.422 e. The van der Waals surface area contributed by atoms with E-state index in [9.17, 15) is 9.59 Å². The minimum atomic E-state index is -0.633. The molecule has 1 aliphatic rings. The summed E-state index contributed by atoms with van der Waals surface area (Å²) in [7, 11) is 0. The Bertz CT molecular complexity index is 1070. The van der Waals surface area contributed by atoms with Crippen LogP contribution in [0, 0.1) is 0 Å². The molecule has 0 radical (unpaired) electrons. The predicted octanol–water partition coefficient (Wildman–Crippen LogP) is 4.99. The van der Waals surface area contributed by atoms with Crippen molar-refractivity contribution in [3.8, 4) is 0 Å². The third-order valence-corrected chi connectivity index (χ3v) is 6.06. The lowest BCUT2D eigenvalue weighted by Gasteiger charge is -2.24. The highest BCUT2D eigenvalue weighted by Crippen LogP contribution is 2.42. The van der Waals surface area contributed by atoms with Gasteiger partial charge in [-0.3, -0.25) is 4.79 Å². The average Bonchev–Trinajstić information content (AvgIpc) is 3.10. The van der Waals surface area contributed by atoms with Crippen LogP contribution in [0.15, 0.2) is 57.7 Å². The van der Waals surface area contributed by atoms with Gasteiger partial charge in [-0.05, 0) is 24.3 Å². The van der Waals surface area contributed by atoms with Crippen LogP contribution in [0.5, 0.6) is 0 Å². The first-order valence-corrected chi connectivity index (χ1v) is 9.75. The van der Waals surface area contributed by atoms with Crippen LogP contribution < -0.4 is 5.63 Å². The molecule has 1 unspecified atom stereocenters. The van der Waals surface area contributed by atoms with Crippen LogP contribution in [0.4, 0.5) is 0 Å². The zero-order valence-electron chi connectivity index (χ0n) is 13.4. The van der Waals surface area contributed by atoms with Crippen LogP contribution in [0.1, 0.15) is 21.3 Å². The van der Waals surface area contributed by atoms with E-state index in [-0.39, 0.29) is 16.8 Å². The summed E-state index contributed by atoms with van der Waals surface area (Å²) in [5.74, 6) is 0.402. The number of benzene rings is 2. The Labute approximate surface area is 163 Å². The largest absolute Gasteiger partial charge is 0.422 e. The van der Waals surface area contributed by atoms with E-state index < -0.39 is 5.63 Å². The lowest BCUT2D eigenvalue weighted by molar-refractivity contribution is 0.0756. The van der Waals surface area contributed by atoms with E-state index in [1.54, 1.807) is 53.1 Å². The zero-order chi connectivity index (χ0) is 18.3. The van der Waals surface area contributed by atoms with E-state index in [1.165, 1.54) is 0 Å². The van der Waals surface area contributed by atoms with Gasteiger partial charge in [0.15, 0.2) is 0 Å². The molecule has 2 aromatic carbocycles. The fraction of sp³-hybridized carbons (Fsp3) is 0.158. The molecule has 0 aliphatic carbocycles. The highest BCUT2D eigenvalue weighted by atomic mass is 35.5. The number of carbonyl (C=O) groups excluding carboxylic acids is 1. The third-order valence-electron chi connectivity index (χ3n) is 4.25. The van der Waals surface area contributed by atoms with Gasteiger partial charge in [0.25, 0.3) is 5.91 Å². The molecule has 0 N–H and O–H groups in total. The molecule has 7 heteroatoms. The van der Waals surface area contributed by atoms with E-state index in [4.69, 9.17) is 27.6 Å². The van der Waals surface area contributed by atoms with E-state index in [0.29, 0.717) is 27.6 Å². The van der Waals surface area contributed by atoms with Gasteiger partial charge in [0.1, 0.15) is 16.5 Å². The van der Waals surface area contributed by atoms with Gasteiger partial charge in [-0.1, -0.05) is 47.5 Å². The average molecular weight is 406 g/mol. The number of halogens is 2. The monoisotopic (exact) mass is 405 g/mol. The lowest BCUT2D eigenvalue weighted by Crippen LogP contribution is -2.33. The normalized spacial score (nSPS) is 17.0. The van der Waals surface area contributed by atoms with Gasteiger partial charge in [-0.15, -0.1) is 11.8 Å². The summed E-state index contributed by atoms with van der Waals surface area (Å²) in [6.07, 6.45) is 0. The van der Waals surface area contributed by atoms with Gasteiger partial charge in [-0.2, -0.15) is 0 Å². The molecular formula is C19H13Cl2NO3S. The summed E-state index contributed by atoms with van der Waals surface area (Å²) in [5, 5.41) is 1.48. The number of amides is 1. The molecule has 1 saturated heterocycles. The maximum Gasteiger partial charge on any atom is 0.349 e. The number of thioether (sulfide) groups is 1. The van der Waals surface area contributed by atoms with Crippen molar-refractivity contribution in [2.24, 2.45) is 0 Å². The zero-order valence-corrected chi connectivity index (χ0v) is 15.8. The third kappa shape index (κ3) is 3.11. The molecule has 1 amide bonds. The molecule has 0 saturated carbocycles. The smallest absolute Gasteiger partial charge is 0.349 e. The molecule has 4 nitrogen and oxygen atoms in total. The molecule has 132 valence electrons. The van der Waals surface area contributed by atoms with Gasteiger partial charge in [0.05, 0.1) is 0 Å². The van der Waals surface area contributed by atoms with Crippen LogP contribution in [0.2, 0.25) is 10.0 Å². The molecule has 4 rings (SSSR count). The summed E-state index contributed by atoms with van der Waals surface area (Å²) in [5.41, 5.74) is 0.659. The number of rotatable bonds is 2. The highest BCUT2D eigenvalue weighted by molar-refractivity contribution is 7.99. The second kappa shape index (κ2) is 6.99. The SMILES string of the molecule is O=C(c1cc2ccccc2oc1=O)N1CCSC1c1ccc(Cl)cc1Cl. The first-order valence-electron chi connectivity index (χ1n) is 7.95. The quantitative estimate of drug-likeness (QED) is 0.563. The Balaban J connectivity index is 1.73. The molecule has 2 heterocycles. The van der Waals surface area contributed by atoms with Crippen molar-refractivity contribution in [3.05, 3.63) is 80.1 Å². The molecule has 1 fully saturated rings. The van der Waals surface area contributed by atoms with Crippen molar-refractivity contribution in [2.75, 3.05) is 12.3 Å². The van der Waals surface area contributed by atoms with E-state index >= 15 is 0 Å². The molecule has 1 atom stereocenters. The van der Waals surface area contributed by atoms with Crippen molar-refractivity contribution in [2.45, 2.75) is 5.37 Å².